The van der Waals surface area contributed by atoms with Crippen LogP contribution in [0.25, 0.3) is 0 Å². The number of imide groups is 2. The molecule has 1 aliphatic heterocycles. The van der Waals surface area contributed by atoms with Gasteiger partial charge in [-0.2, -0.15) is 0 Å². The van der Waals surface area contributed by atoms with E-state index >= 15 is 0 Å². The maximum Gasteiger partial charge on any atom is 0.334 e. The van der Waals surface area contributed by atoms with E-state index in [1.807, 2.05) is 0 Å². The van der Waals surface area contributed by atoms with Crippen molar-refractivity contribution in [1.29, 1.82) is 0 Å². The van der Waals surface area contributed by atoms with Gasteiger partial charge in [0.2, 0.25) is 5.91 Å². The van der Waals surface area contributed by atoms with E-state index in [-0.39, 0.29) is 5.69 Å². The molecule has 0 radical (unpaired) electrons. The van der Waals surface area contributed by atoms with Gasteiger partial charge in [0.25, 0.3) is 0 Å². The van der Waals surface area contributed by atoms with Gasteiger partial charge in [-0.1, -0.05) is 6.07 Å². The maximum atomic E-state index is 13.4. The van der Waals surface area contributed by atoms with Crippen LogP contribution in [0.3, 0.4) is 0 Å². The van der Waals surface area contributed by atoms with Crippen LogP contribution in [0.2, 0.25) is 0 Å². The number of benzene rings is 1. The van der Waals surface area contributed by atoms with Gasteiger partial charge < -0.3 is 5.32 Å². The highest BCUT2D eigenvalue weighted by molar-refractivity contribution is 6.45. The third kappa shape index (κ3) is 3.20. The van der Waals surface area contributed by atoms with E-state index in [4.69, 9.17) is 0 Å². The van der Waals surface area contributed by atoms with Crippen molar-refractivity contribution in [2.45, 2.75) is 26.8 Å². The lowest BCUT2D eigenvalue weighted by atomic mass is 10.2. The van der Waals surface area contributed by atoms with Crippen molar-refractivity contribution >= 4 is 29.4 Å². The van der Waals surface area contributed by atoms with E-state index in [0.717, 1.165) is 11.0 Å². The molecule has 122 valence electrons. The summed E-state index contributed by atoms with van der Waals surface area (Å²) in [5.74, 6) is -3.20. The Bertz CT molecular complexity index is 702. The van der Waals surface area contributed by atoms with Crippen molar-refractivity contribution in [2.75, 3.05) is 11.9 Å². The molecule has 1 saturated heterocycles. The second-order valence-corrected chi connectivity index (χ2v) is 5.45. The summed E-state index contributed by atoms with van der Waals surface area (Å²) < 4.78 is 13.4. The van der Waals surface area contributed by atoms with Gasteiger partial charge in [0.1, 0.15) is 12.4 Å². The minimum atomic E-state index is -1.05. The number of aryl methyl sites for hydroxylation is 1. The monoisotopic (exact) mass is 321 g/mol. The number of hydrogen-bond donors (Lipinski definition) is 1. The van der Waals surface area contributed by atoms with Crippen LogP contribution in [0.1, 0.15) is 19.4 Å². The standard InChI is InChI=1S/C15H16FN3O4/c1-8(2)19-14(22)13(21)18(15(19)23)7-12(20)17-10-5-4-9(3)11(16)6-10/h4-6,8H,7H2,1-3H3,(H,17,20). The van der Waals surface area contributed by atoms with Gasteiger partial charge in [0.15, 0.2) is 0 Å². The normalized spacial score (nSPS) is 14.9. The lowest BCUT2D eigenvalue weighted by molar-refractivity contribution is -0.144. The summed E-state index contributed by atoms with van der Waals surface area (Å²) >= 11 is 0. The maximum absolute atomic E-state index is 13.4. The molecule has 0 saturated carbocycles. The Morgan fingerprint density at radius 3 is 2.39 bits per heavy atom. The Balaban J connectivity index is 2.08. The summed E-state index contributed by atoms with van der Waals surface area (Å²) in [5.41, 5.74) is 0.621. The van der Waals surface area contributed by atoms with E-state index in [9.17, 15) is 23.6 Å². The summed E-state index contributed by atoms with van der Waals surface area (Å²) in [6.07, 6.45) is 0. The number of carbonyl (C=O) groups excluding carboxylic acids is 4. The van der Waals surface area contributed by atoms with Crippen molar-refractivity contribution in [1.82, 2.24) is 9.80 Å². The van der Waals surface area contributed by atoms with Gasteiger partial charge in [-0.15, -0.1) is 0 Å². The van der Waals surface area contributed by atoms with E-state index in [0.29, 0.717) is 10.5 Å². The van der Waals surface area contributed by atoms with Crippen molar-refractivity contribution in [2.24, 2.45) is 0 Å². The second-order valence-electron chi connectivity index (χ2n) is 5.45. The van der Waals surface area contributed by atoms with Crippen LogP contribution in [0, 0.1) is 12.7 Å². The molecule has 0 spiro atoms. The molecule has 1 aromatic carbocycles. The fourth-order valence-corrected chi connectivity index (χ4v) is 2.13. The number of rotatable bonds is 4. The zero-order valence-electron chi connectivity index (χ0n) is 12.9. The molecule has 1 heterocycles. The molecular weight excluding hydrogens is 305 g/mol. The molecule has 0 bridgehead atoms. The van der Waals surface area contributed by atoms with E-state index in [1.54, 1.807) is 20.8 Å². The van der Waals surface area contributed by atoms with Crippen LogP contribution < -0.4 is 5.32 Å². The number of anilines is 1. The quantitative estimate of drug-likeness (QED) is 0.668. The Morgan fingerprint density at radius 1 is 1.22 bits per heavy atom. The molecule has 1 N–H and O–H groups in total. The van der Waals surface area contributed by atoms with E-state index in [2.05, 4.69) is 5.32 Å². The van der Waals surface area contributed by atoms with Crippen LogP contribution in [0.5, 0.6) is 0 Å². The third-order valence-corrected chi connectivity index (χ3v) is 3.36. The molecule has 1 aliphatic rings. The number of carbonyl (C=O) groups is 4. The topological polar surface area (TPSA) is 86.8 Å². The Labute approximate surface area is 132 Å². The Morgan fingerprint density at radius 2 is 1.87 bits per heavy atom. The molecule has 0 aliphatic carbocycles. The predicted molar refractivity (Wildman–Crippen MR) is 78.9 cm³/mol. The first-order valence-corrected chi connectivity index (χ1v) is 6.97. The average Bonchev–Trinajstić information content (AvgIpc) is 2.67. The number of nitrogens with zero attached hydrogens (tertiary/aromatic N) is 2. The van der Waals surface area contributed by atoms with Crippen LogP contribution in [-0.4, -0.2) is 46.1 Å². The van der Waals surface area contributed by atoms with Crippen LogP contribution in [0.15, 0.2) is 18.2 Å². The summed E-state index contributed by atoms with van der Waals surface area (Å²) in [6, 6.07) is 2.79. The number of hydrogen-bond acceptors (Lipinski definition) is 4. The molecular formula is C15H16FN3O4. The Hall–Kier alpha value is -2.77. The predicted octanol–water partition coefficient (Wildman–Crippen LogP) is 1.27. The third-order valence-electron chi connectivity index (χ3n) is 3.36. The van der Waals surface area contributed by atoms with Crippen LogP contribution in [-0.2, 0) is 14.4 Å². The summed E-state index contributed by atoms with van der Waals surface area (Å²) in [7, 11) is 0. The van der Waals surface area contributed by atoms with Gasteiger partial charge in [0.05, 0.1) is 0 Å². The first-order valence-electron chi connectivity index (χ1n) is 6.97. The number of urea groups is 1. The molecule has 0 atom stereocenters. The second kappa shape index (κ2) is 6.15. The zero-order chi connectivity index (χ0) is 17.3. The highest BCUT2D eigenvalue weighted by Crippen LogP contribution is 2.16. The van der Waals surface area contributed by atoms with Crippen molar-refractivity contribution in [3.8, 4) is 0 Å². The van der Waals surface area contributed by atoms with Crippen molar-refractivity contribution in [3.05, 3.63) is 29.6 Å². The van der Waals surface area contributed by atoms with Gasteiger partial charge in [-0.3, -0.25) is 19.3 Å². The van der Waals surface area contributed by atoms with Gasteiger partial charge in [-0.25, -0.2) is 14.1 Å². The summed E-state index contributed by atoms with van der Waals surface area (Å²) in [5, 5.41) is 2.38. The number of amides is 5. The first-order chi connectivity index (χ1) is 10.7. The van der Waals surface area contributed by atoms with Crippen molar-refractivity contribution in [3.63, 3.8) is 0 Å². The molecule has 5 amide bonds. The van der Waals surface area contributed by atoms with E-state index in [1.165, 1.54) is 12.1 Å². The fourth-order valence-electron chi connectivity index (χ4n) is 2.13. The number of halogens is 1. The lowest BCUT2D eigenvalue weighted by Gasteiger charge is -2.18. The molecule has 7 nitrogen and oxygen atoms in total. The summed E-state index contributed by atoms with van der Waals surface area (Å²) in [6.45, 7) is 4.14. The molecule has 1 aromatic rings. The largest absolute Gasteiger partial charge is 0.334 e. The molecule has 1 fully saturated rings. The molecule has 0 unspecified atom stereocenters. The SMILES string of the molecule is Cc1ccc(NC(=O)CN2C(=O)C(=O)N(C(C)C)C2=O)cc1F. The summed E-state index contributed by atoms with van der Waals surface area (Å²) in [4.78, 5) is 48.8. The van der Waals surface area contributed by atoms with E-state index < -0.39 is 42.2 Å². The highest BCUT2D eigenvalue weighted by Gasteiger charge is 2.46. The zero-order valence-corrected chi connectivity index (χ0v) is 12.9. The first kappa shape index (κ1) is 16.6. The minimum absolute atomic E-state index is 0.198. The molecule has 2 rings (SSSR count). The highest BCUT2D eigenvalue weighted by atomic mass is 19.1. The number of nitrogens with one attached hydrogen (secondary N) is 1. The molecule has 8 heteroatoms. The molecule has 0 aromatic heterocycles. The average molecular weight is 321 g/mol. The lowest BCUT2D eigenvalue weighted by Crippen LogP contribution is -2.40. The van der Waals surface area contributed by atoms with Crippen molar-refractivity contribution < 1.29 is 23.6 Å². The smallest absolute Gasteiger partial charge is 0.324 e. The van der Waals surface area contributed by atoms with Gasteiger partial charge in [-0.05, 0) is 38.5 Å². The van der Waals surface area contributed by atoms with Crippen LogP contribution in [0.4, 0.5) is 14.9 Å². The fraction of sp³-hybridized carbons (Fsp3) is 0.333. The minimum Gasteiger partial charge on any atom is -0.324 e. The van der Waals surface area contributed by atoms with Gasteiger partial charge in [0, 0.05) is 11.7 Å². The Kier molecular flexibility index (Phi) is 4.44. The van der Waals surface area contributed by atoms with Crippen LogP contribution >= 0.6 is 0 Å². The molecule has 23 heavy (non-hydrogen) atoms. The van der Waals surface area contributed by atoms with Gasteiger partial charge >= 0.3 is 17.8 Å².